The maximum Gasteiger partial charge on any atom is 0.271 e. The number of hydrogen-bond donors (Lipinski definition) is 2. The van der Waals surface area contributed by atoms with Gasteiger partial charge in [-0.25, -0.2) is 10.4 Å². The monoisotopic (exact) mass is 532 g/mol. The van der Waals surface area contributed by atoms with Gasteiger partial charge in [0.15, 0.2) is 16.6 Å². The molecule has 0 aliphatic carbocycles. The summed E-state index contributed by atoms with van der Waals surface area (Å²) in [4.78, 5) is 17.2. The first-order chi connectivity index (χ1) is 18.1. The molecule has 7 nitrogen and oxygen atoms in total. The van der Waals surface area contributed by atoms with Crippen molar-refractivity contribution >= 4 is 45.9 Å². The van der Waals surface area contributed by atoms with Crippen LogP contribution < -0.4 is 20.2 Å². The number of benzene rings is 3. The zero-order chi connectivity index (χ0) is 26.0. The predicted molar refractivity (Wildman–Crippen MR) is 151 cm³/mol. The molecule has 0 radical (unpaired) electrons. The van der Waals surface area contributed by atoms with Crippen molar-refractivity contribution in [3.63, 3.8) is 0 Å². The number of ether oxygens (including phenoxy) is 2. The second-order valence-electron chi connectivity index (χ2n) is 7.69. The molecule has 9 heteroatoms. The summed E-state index contributed by atoms with van der Waals surface area (Å²) in [5.74, 6) is 0.905. The molecule has 0 saturated heterocycles. The van der Waals surface area contributed by atoms with Crippen LogP contribution in [0, 0.1) is 0 Å². The number of amides is 1. The van der Waals surface area contributed by atoms with Gasteiger partial charge in [-0.2, -0.15) is 5.10 Å². The number of hydrogen-bond acceptors (Lipinski definition) is 7. The first-order valence-electron chi connectivity index (χ1n) is 11.5. The molecule has 0 atom stereocenters. The van der Waals surface area contributed by atoms with Crippen LogP contribution in [0.15, 0.2) is 89.9 Å². The summed E-state index contributed by atoms with van der Waals surface area (Å²) in [7, 11) is 0. The van der Waals surface area contributed by atoms with Crippen molar-refractivity contribution in [2.45, 2.75) is 6.92 Å². The van der Waals surface area contributed by atoms with Crippen LogP contribution >= 0.6 is 22.9 Å². The lowest BCUT2D eigenvalue weighted by Crippen LogP contribution is -2.17. The van der Waals surface area contributed by atoms with Gasteiger partial charge in [0.25, 0.3) is 5.91 Å². The minimum absolute atomic E-state index is 0.317. The molecule has 0 aliphatic rings. The van der Waals surface area contributed by atoms with Crippen LogP contribution in [0.4, 0.5) is 10.8 Å². The van der Waals surface area contributed by atoms with E-state index in [0.29, 0.717) is 35.3 Å². The number of aromatic nitrogens is 1. The highest BCUT2D eigenvalue weighted by molar-refractivity contribution is 7.14. The van der Waals surface area contributed by atoms with Crippen molar-refractivity contribution in [1.82, 2.24) is 10.4 Å². The van der Waals surface area contributed by atoms with Gasteiger partial charge in [-0.1, -0.05) is 36.4 Å². The molecule has 0 spiro atoms. The minimum atomic E-state index is -0.317. The molecular weight excluding hydrogens is 508 g/mol. The third-order valence-corrected chi connectivity index (χ3v) is 6.06. The van der Waals surface area contributed by atoms with Crippen molar-refractivity contribution < 1.29 is 14.3 Å². The van der Waals surface area contributed by atoms with Crippen molar-refractivity contribution in [2.75, 3.05) is 18.5 Å². The molecule has 1 aromatic heterocycles. The highest BCUT2D eigenvalue weighted by atomic mass is 35.5. The normalized spacial score (nSPS) is 10.8. The average molecular weight is 533 g/mol. The third kappa shape index (κ3) is 7.19. The smallest absolute Gasteiger partial charge is 0.271 e. The highest BCUT2D eigenvalue weighted by Gasteiger charge is 2.09. The van der Waals surface area contributed by atoms with Gasteiger partial charge in [0, 0.05) is 27.2 Å². The topological polar surface area (TPSA) is 84.8 Å². The van der Waals surface area contributed by atoms with Crippen molar-refractivity contribution in [3.8, 4) is 22.8 Å². The van der Waals surface area contributed by atoms with E-state index in [1.807, 2.05) is 54.8 Å². The van der Waals surface area contributed by atoms with Crippen molar-refractivity contribution in [2.24, 2.45) is 5.10 Å². The van der Waals surface area contributed by atoms with Crippen molar-refractivity contribution in [3.05, 3.63) is 101 Å². The Bertz CT molecular complexity index is 1390. The molecule has 1 heterocycles. The highest BCUT2D eigenvalue weighted by Crippen LogP contribution is 2.29. The molecule has 4 aromatic rings. The van der Waals surface area contributed by atoms with Crippen LogP contribution in [0.3, 0.4) is 0 Å². The van der Waals surface area contributed by atoms with Gasteiger partial charge in [-0.3, -0.25) is 4.79 Å². The Labute approximate surface area is 224 Å². The van der Waals surface area contributed by atoms with Crippen LogP contribution in [0.25, 0.3) is 11.3 Å². The second kappa shape index (κ2) is 12.7. The van der Waals surface area contributed by atoms with E-state index in [0.717, 1.165) is 27.6 Å². The first-order valence-corrected chi connectivity index (χ1v) is 12.7. The largest absolute Gasteiger partial charge is 0.490 e. The number of thiazole rings is 1. The van der Waals surface area contributed by atoms with Gasteiger partial charge in [-0.15, -0.1) is 11.3 Å². The number of nitrogens with zero attached hydrogens (tertiary/aromatic N) is 2. The Morgan fingerprint density at radius 3 is 2.59 bits per heavy atom. The van der Waals surface area contributed by atoms with Gasteiger partial charge in [0.05, 0.1) is 18.5 Å². The number of hydrazone groups is 1. The molecule has 0 fully saturated rings. The van der Waals surface area contributed by atoms with E-state index in [2.05, 4.69) is 27.4 Å². The molecule has 0 saturated carbocycles. The Balaban J connectivity index is 1.35. The summed E-state index contributed by atoms with van der Waals surface area (Å²) in [6, 6.07) is 20.1. The lowest BCUT2D eigenvalue weighted by Gasteiger charge is -2.11. The van der Waals surface area contributed by atoms with Crippen LogP contribution in [0.5, 0.6) is 11.5 Å². The van der Waals surface area contributed by atoms with E-state index >= 15 is 0 Å². The molecule has 2 N–H and O–H groups in total. The Kier molecular flexibility index (Phi) is 8.91. The molecule has 4 rings (SSSR count). The van der Waals surface area contributed by atoms with E-state index in [1.54, 1.807) is 36.6 Å². The van der Waals surface area contributed by atoms with Crippen LogP contribution in [-0.2, 0) is 0 Å². The fourth-order valence-corrected chi connectivity index (χ4v) is 4.15. The van der Waals surface area contributed by atoms with Crippen molar-refractivity contribution in [1.29, 1.82) is 0 Å². The SMILES string of the molecule is C=CCOc1ccc(/C=N\NC(=O)c2ccc(-c3csc(Nc4ccc(Cl)cc4)n3)cc2)cc1OCC. The van der Waals surface area contributed by atoms with Gasteiger partial charge >= 0.3 is 0 Å². The van der Waals surface area contributed by atoms with Gasteiger partial charge in [0.2, 0.25) is 0 Å². The molecule has 188 valence electrons. The standard InChI is InChI=1S/C28H25ClN4O3S/c1-3-15-36-25-14-5-19(16-26(25)35-4-2)17-30-33-27(34)21-8-6-20(7-9-21)24-18-37-28(32-24)31-23-12-10-22(29)11-13-23/h3,5-14,16-18H,1,4,15H2,2H3,(H,31,32)(H,33,34)/b30-17-. The van der Waals surface area contributed by atoms with Gasteiger partial charge < -0.3 is 14.8 Å². The van der Waals surface area contributed by atoms with E-state index in [1.165, 1.54) is 11.3 Å². The number of nitrogens with one attached hydrogen (secondary N) is 2. The summed E-state index contributed by atoms with van der Waals surface area (Å²) < 4.78 is 11.2. The van der Waals surface area contributed by atoms with E-state index < -0.39 is 0 Å². The molecule has 1 amide bonds. The van der Waals surface area contributed by atoms with Crippen LogP contribution in [0.2, 0.25) is 5.02 Å². The molecule has 0 unspecified atom stereocenters. The summed E-state index contributed by atoms with van der Waals surface area (Å²) in [5.41, 5.74) is 6.43. The molecular formula is C28H25ClN4O3S. The predicted octanol–water partition coefficient (Wildman–Crippen LogP) is 6.93. The summed E-state index contributed by atoms with van der Waals surface area (Å²) in [6.07, 6.45) is 3.22. The maximum atomic E-state index is 12.5. The van der Waals surface area contributed by atoms with E-state index in [9.17, 15) is 4.79 Å². The Morgan fingerprint density at radius 1 is 1.08 bits per heavy atom. The number of carbonyl (C=O) groups is 1. The fraction of sp³-hybridized carbons (Fsp3) is 0.107. The lowest BCUT2D eigenvalue weighted by molar-refractivity contribution is 0.0955. The van der Waals surface area contributed by atoms with Gasteiger partial charge in [-0.05, 0) is 67.1 Å². The van der Waals surface area contributed by atoms with Crippen LogP contribution in [-0.4, -0.2) is 30.3 Å². The number of carbonyl (C=O) groups excluding carboxylic acids is 1. The quantitative estimate of drug-likeness (QED) is 0.124. The first kappa shape index (κ1) is 25.9. The molecule has 0 aliphatic heterocycles. The number of rotatable bonds is 11. The fourth-order valence-electron chi connectivity index (χ4n) is 3.28. The zero-order valence-corrected chi connectivity index (χ0v) is 21.7. The molecule has 0 bridgehead atoms. The second-order valence-corrected chi connectivity index (χ2v) is 8.98. The summed E-state index contributed by atoms with van der Waals surface area (Å²) in [6.45, 7) is 6.43. The van der Waals surface area contributed by atoms with Gasteiger partial charge in [0.1, 0.15) is 6.61 Å². The lowest BCUT2D eigenvalue weighted by atomic mass is 10.1. The van der Waals surface area contributed by atoms with E-state index in [4.69, 9.17) is 21.1 Å². The molecule has 37 heavy (non-hydrogen) atoms. The Hall–Kier alpha value is -4.14. The average Bonchev–Trinajstić information content (AvgIpc) is 3.38. The summed E-state index contributed by atoms with van der Waals surface area (Å²) >= 11 is 7.43. The Morgan fingerprint density at radius 2 is 1.86 bits per heavy atom. The zero-order valence-electron chi connectivity index (χ0n) is 20.1. The van der Waals surface area contributed by atoms with Crippen LogP contribution in [0.1, 0.15) is 22.8 Å². The third-order valence-electron chi connectivity index (χ3n) is 5.05. The minimum Gasteiger partial charge on any atom is -0.490 e. The summed E-state index contributed by atoms with van der Waals surface area (Å²) in [5, 5.41) is 10.7. The number of halogens is 1. The number of anilines is 2. The molecule has 3 aromatic carbocycles. The van der Waals surface area contributed by atoms with E-state index in [-0.39, 0.29) is 5.91 Å². The maximum absolute atomic E-state index is 12.5.